The third kappa shape index (κ3) is 24.7. The van der Waals surface area contributed by atoms with Crippen LogP contribution in [0, 0.1) is 5.92 Å². The molecular formula is C35H70O7. The number of carbonyl (C=O) groups excluding carboxylic acids is 1. The molecule has 5 atom stereocenters. The number of esters is 1. The van der Waals surface area contributed by atoms with E-state index in [2.05, 4.69) is 13.8 Å². The van der Waals surface area contributed by atoms with E-state index in [1.807, 2.05) is 0 Å². The zero-order valence-electron chi connectivity index (χ0n) is 27.5. The van der Waals surface area contributed by atoms with E-state index in [1.54, 1.807) is 0 Å². The van der Waals surface area contributed by atoms with E-state index in [0.29, 0.717) is 6.42 Å². The van der Waals surface area contributed by atoms with Crippen molar-refractivity contribution in [2.75, 3.05) is 13.2 Å². The number of carbonyl (C=O) groups is 1. The highest BCUT2D eigenvalue weighted by Gasteiger charge is 2.31. The Kier molecular flexibility index (Phi) is 29.8. The van der Waals surface area contributed by atoms with Gasteiger partial charge in [-0.2, -0.15) is 0 Å². The summed E-state index contributed by atoms with van der Waals surface area (Å²) in [7, 11) is 0. The Morgan fingerprint density at radius 1 is 0.524 bits per heavy atom. The Morgan fingerprint density at radius 3 is 1.21 bits per heavy atom. The molecule has 0 fully saturated rings. The maximum Gasteiger partial charge on any atom is 0.306 e. The molecule has 0 aliphatic heterocycles. The van der Waals surface area contributed by atoms with Gasteiger partial charge in [-0.15, -0.1) is 0 Å². The molecule has 252 valence electrons. The summed E-state index contributed by atoms with van der Waals surface area (Å²) in [5.74, 6) is -0.159. The first-order valence-corrected chi connectivity index (χ1v) is 17.9. The third-order valence-corrected chi connectivity index (χ3v) is 8.63. The predicted octanol–water partition coefficient (Wildman–Crippen LogP) is 7.37. The summed E-state index contributed by atoms with van der Waals surface area (Å²) >= 11 is 0. The summed E-state index contributed by atoms with van der Waals surface area (Å²) in [6.07, 6.45) is 24.2. The van der Waals surface area contributed by atoms with Crippen molar-refractivity contribution in [2.24, 2.45) is 5.92 Å². The lowest BCUT2D eigenvalue weighted by Gasteiger charge is -2.25. The van der Waals surface area contributed by atoms with Crippen LogP contribution in [0.5, 0.6) is 0 Å². The molecule has 0 saturated heterocycles. The van der Waals surface area contributed by atoms with Gasteiger partial charge in [0.1, 0.15) is 31.0 Å². The van der Waals surface area contributed by atoms with Crippen LogP contribution in [0.4, 0.5) is 0 Å². The van der Waals surface area contributed by atoms with Crippen molar-refractivity contribution in [1.29, 1.82) is 0 Å². The van der Waals surface area contributed by atoms with E-state index in [9.17, 15) is 25.2 Å². The number of unbranched alkanes of at least 4 members (excludes halogenated alkanes) is 20. The van der Waals surface area contributed by atoms with E-state index in [-0.39, 0.29) is 5.92 Å². The second-order valence-corrected chi connectivity index (χ2v) is 12.7. The lowest BCUT2D eigenvalue weighted by atomic mass is 9.91. The molecule has 0 aliphatic rings. The van der Waals surface area contributed by atoms with Gasteiger partial charge in [0.15, 0.2) is 0 Å². The monoisotopic (exact) mass is 603 g/mol. The van der Waals surface area contributed by atoms with Crippen LogP contribution in [0.3, 0.4) is 0 Å². The van der Waals surface area contributed by atoms with Gasteiger partial charge in [0.05, 0.1) is 6.61 Å². The number of aliphatic hydroxyl groups is 5. The van der Waals surface area contributed by atoms with Gasteiger partial charge in [0.2, 0.25) is 0 Å². The van der Waals surface area contributed by atoms with Gasteiger partial charge < -0.3 is 30.3 Å². The van der Waals surface area contributed by atoms with Crippen LogP contribution in [0.2, 0.25) is 0 Å². The van der Waals surface area contributed by atoms with Crippen LogP contribution in [0.15, 0.2) is 0 Å². The minimum absolute atomic E-state index is 0.249. The Morgan fingerprint density at radius 2 is 0.857 bits per heavy atom. The first-order chi connectivity index (χ1) is 20.4. The standard InChI is InChI=1S/C35H70O7/c1-3-5-7-9-11-13-15-16-18-20-22-24-26-30(25-23-21-19-17-14-12-10-8-6-4-2)27-33(39)42-29-32(38)35(41)34(40)31(37)28-36/h30-32,34-38,40-41H,3-29H2,1-2H3/t30?,31-,32-,34-,35-/m1/s1. The van der Waals surface area contributed by atoms with Crippen molar-refractivity contribution in [3.63, 3.8) is 0 Å². The molecule has 7 heteroatoms. The van der Waals surface area contributed by atoms with Crippen molar-refractivity contribution in [3.05, 3.63) is 0 Å². The van der Waals surface area contributed by atoms with Crippen LogP contribution in [-0.2, 0) is 9.53 Å². The highest BCUT2D eigenvalue weighted by atomic mass is 16.5. The molecule has 0 amide bonds. The van der Waals surface area contributed by atoms with E-state index >= 15 is 0 Å². The van der Waals surface area contributed by atoms with Crippen molar-refractivity contribution in [3.8, 4) is 0 Å². The summed E-state index contributed by atoms with van der Waals surface area (Å²) in [6.45, 7) is 3.30. The van der Waals surface area contributed by atoms with Crippen LogP contribution < -0.4 is 0 Å². The van der Waals surface area contributed by atoms with Gasteiger partial charge in [-0.05, 0) is 18.8 Å². The molecule has 0 radical (unpaired) electrons. The van der Waals surface area contributed by atoms with Gasteiger partial charge in [-0.25, -0.2) is 0 Å². The van der Waals surface area contributed by atoms with E-state index in [4.69, 9.17) is 9.84 Å². The number of hydrogen-bond acceptors (Lipinski definition) is 7. The predicted molar refractivity (Wildman–Crippen MR) is 172 cm³/mol. The summed E-state index contributed by atoms with van der Waals surface area (Å²) in [6, 6.07) is 0. The SMILES string of the molecule is CCCCCCCCCCCCCCC(CCCCCCCCCCCC)CC(=O)OC[C@@H](O)[C@@H](O)[C@H](O)[C@H](O)CO. The second kappa shape index (κ2) is 30.3. The first kappa shape index (κ1) is 41.3. The molecule has 0 aromatic heterocycles. The van der Waals surface area contributed by atoms with E-state index in [0.717, 1.165) is 25.7 Å². The number of rotatable bonds is 32. The molecule has 0 rings (SSSR count). The average molecular weight is 603 g/mol. The lowest BCUT2D eigenvalue weighted by Crippen LogP contribution is -2.47. The van der Waals surface area contributed by atoms with Crippen LogP contribution in [0.1, 0.15) is 174 Å². The molecular weight excluding hydrogens is 532 g/mol. The Labute approximate surface area is 258 Å². The van der Waals surface area contributed by atoms with Crippen molar-refractivity contribution >= 4 is 5.97 Å². The zero-order chi connectivity index (χ0) is 31.3. The molecule has 0 saturated carbocycles. The molecule has 0 aromatic carbocycles. The molecule has 0 aromatic rings. The van der Waals surface area contributed by atoms with Gasteiger partial charge in [0, 0.05) is 6.42 Å². The van der Waals surface area contributed by atoms with E-state index in [1.165, 1.54) is 128 Å². The minimum Gasteiger partial charge on any atom is -0.463 e. The highest BCUT2D eigenvalue weighted by molar-refractivity contribution is 5.69. The molecule has 7 nitrogen and oxygen atoms in total. The molecule has 1 unspecified atom stereocenters. The highest BCUT2D eigenvalue weighted by Crippen LogP contribution is 2.23. The average Bonchev–Trinajstić information content (AvgIpc) is 2.99. The quantitative estimate of drug-likeness (QED) is 0.0402. The molecule has 42 heavy (non-hydrogen) atoms. The van der Waals surface area contributed by atoms with Crippen molar-refractivity contribution in [2.45, 2.75) is 199 Å². The van der Waals surface area contributed by atoms with Crippen molar-refractivity contribution in [1.82, 2.24) is 0 Å². The number of aliphatic hydroxyl groups excluding tert-OH is 5. The molecule has 0 aliphatic carbocycles. The first-order valence-electron chi connectivity index (χ1n) is 17.9. The summed E-state index contributed by atoms with van der Waals surface area (Å²) < 4.78 is 5.23. The minimum atomic E-state index is -1.72. The summed E-state index contributed by atoms with van der Waals surface area (Å²) in [4.78, 5) is 12.6. The normalized spacial score (nSPS) is 15.3. The number of ether oxygens (including phenoxy) is 1. The van der Waals surface area contributed by atoms with E-state index < -0.39 is 43.6 Å². The van der Waals surface area contributed by atoms with Gasteiger partial charge in [0.25, 0.3) is 0 Å². The molecule has 5 N–H and O–H groups in total. The van der Waals surface area contributed by atoms with Gasteiger partial charge in [-0.1, -0.05) is 155 Å². The fraction of sp³-hybridized carbons (Fsp3) is 0.971. The second-order valence-electron chi connectivity index (χ2n) is 12.7. The molecule has 0 heterocycles. The van der Waals surface area contributed by atoms with Crippen molar-refractivity contribution < 1.29 is 35.1 Å². The summed E-state index contributed by atoms with van der Waals surface area (Å²) in [5.41, 5.74) is 0. The lowest BCUT2D eigenvalue weighted by molar-refractivity contribution is -0.157. The maximum absolute atomic E-state index is 12.6. The van der Waals surface area contributed by atoms with Crippen LogP contribution in [-0.4, -0.2) is 69.1 Å². The number of hydrogen-bond donors (Lipinski definition) is 5. The fourth-order valence-electron chi connectivity index (χ4n) is 5.68. The van der Waals surface area contributed by atoms with Crippen LogP contribution in [0.25, 0.3) is 0 Å². The largest absolute Gasteiger partial charge is 0.463 e. The van der Waals surface area contributed by atoms with Gasteiger partial charge in [-0.3, -0.25) is 4.79 Å². The topological polar surface area (TPSA) is 127 Å². The van der Waals surface area contributed by atoms with Gasteiger partial charge >= 0.3 is 5.97 Å². The Balaban J connectivity index is 4.35. The molecule has 0 bridgehead atoms. The zero-order valence-corrected chi connectivity index (χ0v) is 27.5. The third-order valence-electron chi connectivity index (χ3n) is 8.63. The maximum atomic E-state index is 12.6. The Hall–Kier alpha value is -0.730. The van der Waals surface area contributed by atoms with Crippen LogP contribution >= 0.6 is 0 Å². The molecule has 0 spiro atoms. The smallest absolute Gasteiger partial charge is 0.306 e. The fourth-order valence-corrected chi connectivity index (χ4v) is 5.68. The summed E-state index contributed by atoms with van der Waals surface area (Å²) in [5, 5.41) is 48.2. The Bertz CT molecular complexity index is 574.